The number of halogens is 3. The van der Waals surface area contributed by atoms with Crippen LogP contribution in [0.5, 0.6) is 5.75 Å². The topological polar surface area (TPSA) is 29.5 Å². The van der Waals surface area contributed by atoms with Crippen LogP contribution in [0.1, 0.15) is 5.56 Å². The van der Waals surface area contributed by atoms with Crippen LogP contribution in [0.25, 0.3) is 0 Å². The average molecular weight is 191 g/mol. The molecule has 0 saturated heterocycles. The number of rotatable bonds is 3. The molecule has 1 aromatic carbocycles. The Hall–Kier alpha value is -1.23. The molecule has 1 radical (unpaired) electrons. The Morgan fingerprint density at radius 2 is 2.08 bits per heavy atom. The number of ether oxygens (including phenoxy) is 1. The van der Waals surface area contributed by atoms with Gasteiger partial charge in [-0.05, 0) is 17.7 Å². The van der Waals surface area contributed by atoms with Crippen molar-refractivity contribution in [3.05, 3.63) is 36.2 Å². The molecule has 0 unspecified atom stereocenters. The van der Waals surface area contributed by atoms with Crippen molar-refractivity contribution >= 4 is 0 Å². The summed E-state index contributed by atoms with van der Waals surface area (Å²) in [6, 6.07) is 3.15. The van der Waals surface area contributed by atoms with Gasteiger partial charge in [-0.2, -0.15) is 8.78 Å². The summed E-state index contributed by atoms with van der Waals surface area (Å²) in [7, 11) is 0. The number of alkyl halides is 2. The molecule has 0 fully saturated rings. The predicted molar refractivity (Wildman–Crippen MR) is 38.4 cm³/mol. The molecule has 1 rings (SSSR count). The highest BCUT2D eigenvalue weighted by Crippen LogP contribution is 2.20. The molecular weight excluding hydrogens is 185 g/mol. The van der Waals surface area contributed by atoms with Crippen LogP contribution in [-0.4, -0.2) is 11.7 Å². The summed E-state index contributed by atoms with van der Waals surface area (Å²) in [6.07, 6.45) is 0. The fourth-order valence-corrected chi connectivity index (χ4v) is 0.789. The van der Waals surface area contributed by atoms with Gasteiger partial charge in [-0.25, -0.2) is 4.39 Å². The van der Waals surface area contributed by atoms with E-state index in [0.717, 1.165) is 12.1 Å². The smallest absolute Gasteiger partial charge is 0.387 e. The second-order valence-electron chi connectivity index (χ2n) is 2.20. The van der Waals surface area contributed by atoms with E-state index in [2.05, 4.69) is 4.74 Å². The van der Waals surface area contributed by atoms with E-state index in [1.54, 1.807) is 0 Å². The molecule has 13 heavy (non-hydrogen) atoms. The van der Waals surface area contributed by atoms with E-state index < -0.39 is 18.2 Å². The maximum Gasteiger partial charge on any atom is 0.387 e. The second kappa shape index (κ2) is 4.13. The van der Waals surface area contributed by atoms with E-state index in [1.807, 2.05) is 0 Å². The summed E-state index contributed by atoms with van der Waals surface area (Å²) in [5.74, 6) is -1.48. The molecule has 0 aromatic heterocycles. The molecule has 0 spiro atoms. The monoisotopic (exact) mass is 191 g/mol. The van der Waals surface area contributed by atoms with E-state index in [9.17, 15) is 13.2 Å². The minimum atomic E-state index is -3.06. The number of hydrogen-bond donors (Lipinski definition) is 1. The first-order valence-corrected chi connectivity index (χ1v) is 3.35. The van der Waals surface area contributed by atoms with Crippen LogP contribution in [0.3, 0.4) is 0 Å². The van der Waals surface area contributed by atoms with Crippen molar-refractivity contribution in [2.45, 2.75) is 6.61 Å². The molecule has 0 heterocycles. The van der Waals surface area contributed by atoms with Gasteiger partial charge in [0.2, 0.25) is 0 Å². The lowest BCUT2D eigenvalue weighted by molar-refractivity contribution is -0.0522. The summed E-state index contributed by atoms with van der Waals surface area (Å²) in [5, 5.41) is 8.45. The number of benzene rings is 1. The van der Waals surface area contributed by atoms with Gasteiger partial charge in [-0.1, -0.05) is 6.07 Å². The standard InChI is InChI=1S/C8H6F3O2/c9-6-3-5(4-12)1-2-7(6)13-8(10)11/h1-4,8,12H. The first kappa shape index (κ1) is 9.85. The average Bonchev–Trinajstić information content (AvgIpc) is 2.08. The van der Waals surface area contributed by atoms with Crippen LogP contribution in [-0.2, 0) is 0 Å². The molecule has 0 aliphatic rings. The van der Waals surface area contributed by atoms with Gasteiger partial charge in [0.05, 0.1) is 0 Å². The van der Waals surface area contributed by atoms with Crippen LogP contribution in [0, 0.1) is 12.4 Å². The molecule has 1 N–H and O–H groups in total. The maximum absolute atomic E-state index is 12.8. The lowest BCUT2D eigenvalue weighted by Gasteiger charge is -2.05. The molecule has 0 atom stereocenters. The lowest BCUT2D eigenvalue weighted by atomic mass is 10.2. The Labute approximate surface area is 72.6 Å². The minimum absolute atomic E-state index is 0.180. The molecule has 1 aromatic rings. The second-order valence-corrected chi connectivity index (χ2v) is 2.20. The summed E-state index contributed by atoms with van der Waals surface area (Å²) in [4.78, 5) is 0. The quantitative estimate of drug-likeness (QED) is 0.794. The fraction of sp³-hybridized carbons (Fsp3) is 0.125. The Morgan fingerprint density at radius 3 is 2.54 bits per heavy atom. The van der Waals surface area contributed by atoms with E-state index >= 15 is 0 Å². The van der Waals surface area contributed by atoms with Gasteiger partial charge in [0.1, 0.15) is 6.61 Å². The summed E-state index contributed by atoms with van der Waals surface area (Å²) in [6.45, 7) is -2.40. The zero-order valence-electron chi connectivity index (χ0n) is 6.38. The molecule has 5 heteroatoms. The minimum Gasteiger partial charge on any atom is -0.432 e. The normalized spacial score (nSPS) is 10.5. The maximum atomic E-state index is 12.8. The van der Waals surface area contributed by atoms with Crippen molar-refractivity contribution in [1.29, 1.82) is 0 Å². The Bertz CT molecular complexity index is 289. The van der Waals surface area contributed by atoms with E-state index in [1.165, 1.54) is 6.07 Å². The summed E-state index contributed by atoms with van der Waals surface area (Å²) in [5.41, 5.74) is 0.180. The highest BCUT2D eigenvalue weighted by molar-refractivity contribution is 5.31. The summed E-state index contributed by atoms with van der Waals surface area (Å²) < 4.78 is 39.9. The van der Waals surface area contributed by atoms with Crippen LogP contribution >= 0.6 is 0 Å². The summed E-state index contributed by atoms with van der Waals surface area (Å²) >= 11 is 0. The SMILES string of the molecule is O[CH]c1ccc(OC(F)F)c(F)c1. The third-order valence-corrected chi connectivity index (χ3v) is 1.32. The molecular formula is C8H6F3O2. The number of aliphatic hydroxyl groups is 1. The third-order valence-electron chi connectivity index (χ3n) is 1.32. The van der Waals surface area contributed by atoms with Crippen molar-refractivity contribution in [2.75, 3.05) is 0 Å². The highest BCUT2D eigenvalue weighted by atomic mass is 19.3. The Kier molecular flexibility index (Phi) is 3.13. The third kappa shape index (κ3) is 2.62. The molecule has 71 valence electrons. The molecule has 0 amide bonds. The zero-order valence-corrected chi connectivity index (χ0v) is 6.38. The van der Waals surface area contributed by atoms with Crippen LogP contribution < -0.4 is 4.74 Å². The zero-order chi connectivity index (χ0) is 9.84. The van der Waals surface area contributed by atoms with Gasteiger partial charge < -0.3 is 9.84 Å². The van der Waals surface area contributed by atoms with Crippen molar-refractivity contribution in [3.63, 3.8) is 0 Å². The van der Waals surface area contributed by atoms with Crippen LogP contribution in [0.15, 0.2) is 18.2 Å². The highest BCUT2D eigenvalue weighted by Gasteiger charge is 2.09. The van der Waals surface area contributed by atoms with Gasteiger partial charge >= 0.3 is 6.61 Å². The molecule has 0 aliphatic heterocycles. The lowest BCUT2D eigenvalue weighted by Crippen LogP contribution is -2.03. The fourth-order valence-electron chi connectivity index (χ4n) is 0.789. The largest absolute Gasteiger partial charge is 0.432 e. The molecule has 2 nitrogen and oxygen atoms in total. The van der Waals surface area contributed by atoms with Crippen LogP contribution in [0.2, 0.25) is 0 Å². The van der Waals surface area contributed by atoms with Gasteiger partial charge in [0.25, 0.3) is 0 Å². The van der Waals surface area contributed by atoms with E-state index in [-0.39, 0.29) is 5.56 Å². The van der Waals surface area contributed by atoms with Crippen LogP contribution in [0.4, 0.5) is 13.2 Å². The number of hydrogen-bond acceptors (Lipinski definition) is 2. The predicted octanol–water partition coefficient (Wildman–Crippen LogP) is 2.31. The Morgan fingerprint density at radius 1 is 1.38 bits per heavy atom. The van der Waals surface area contributed by atoms with Crippen molar-refractivity contribution in [2.24, 2.45) is 0 Å². The van der Waals surface area contributed by atoms with Gasteiger partial charge in [0.15, 0.2) is 11.6 Å². The van der Waals surface area contributed by atoms with Gasteiger partial charge in [-0.3, -0.25) is 0 Å². The first-order chi connectivity index (χ1) is 6.13. The molecule has 0 aliphatic carbocycles. The molecule has 0 bridgehead atoms. The Balaban J connectivity index is 2.85. The van der Waals surface area contributed by atoms with E-state index in [0.29, 0.717) is 6.61 Å². The van der Waals surface area contributed by atoms with Gasteiger partial charge in [-0.15, -0.1) is 0 Å². The first-order valence-electron chi connectivity index (χ1n) is 3.35. The van der Waals surface area contributed by atoms with E-state index in [4.69, 9.17) is 5.11 Å². The molecule has 0 saturated carbocycles. The van der Waals surface area contributed by atoms with Gasteiger partial charge in [0, 0.05) is 0 Å². The van der Waals surface area contributed by atoms with Crippen molar-refractivity contribution in [3.8, 4) is 5.75 Å². The van der Waals surface area contributed by atoms with Crippen molar-refractivity contribution in [1.82, 2.24) is 0 Å². The van der Waals surface area contributed by atoms with Crippen molar-refractivity contribution < 1.29 is 23.0 Å². The number of aliphatic hydroxyl groups excluding tert-OH is 1.